The lowest BCUT2D eigenvalue weighted by Crippen LogP contribution is -2.15. The average molecular weight is 461 g/mol. The minimum atomic E-state index is -1.09. The second-order valence-corrected chi connectivity index (χ2v) is 9.41. The first-order valence-corrected chi connectivity index (χ1v) is 11.3. The van der Waals surface area contributed by atoms with E-state index in [0.29, 0.717) is 10.7 Å². The van der Waals surface area contributed by atoms with Crippen LogP contribution in [-0.2, 0) is 5.60 Å². The maximum absolute atomic E-state index is 10.7. The number of rotatable bonds is 5. The highest BCUT2D eigenvalue weighted by Crippen LogP contribution is 2.37. The van der Waals surface area contributed by atoms with E-state index in [1.807, 2.05) is 54.1 Å². The van der Waals surface area contributed by atoms with Crippen molar-refractivity contribution in [2.24, 2.45) is 0 Å². The number of halogens is 1. The molecule has 1 aromatic heterocycles. The first-order chi connectivity index (χ1) is 15.6. The van der Waals surface area contributed by atoms with Crippen molar-refractivity contribution >= 4 is 11.6 Å². The molecule has 0 aliphatic rings. The van der Waals surface area contributed by atoms with E-state index in [0.717, 1.165) is 50.6 Å². The van der Waals surface area contributed by atoms with Crippen LogP contribution in [-0.4, -0.2) is 21.8 Å². The van der Waals surface area contributed by atoms with Crippen LogP contribution >= 0.6 is 11.6 Å². The molecule has 0 bridgehead atoms. The van der Waals surface area contributed by atoms with E-state index < -0.39 is 5.60 Å². The van der Waals surface area contributed by atoms with Crippen molar-refractivity contribution in [1.82, 2.24) is 9.55 Å². The summed E-state index contributed by atoms with van der Waals surface area (Å²) >= 11 is 6.91. The molecule has 5 heteroatoms. The second kappa shape index (κ2) is 8.69. The Bertz CT molecular complexity index is 1290. The van der Waals surface area contributed by atoms with Crippen LogP contribution in [0.2, 0.25) is 5.02 Å². The van der Waals surface area contributed by atoms with Gasteiger partial charge in [-0.05, 0) is 86.7 Å². The molecule has 0 fully saturated rings. The van der Waals surface area contributed by atoms with E-state index in [1.165, 1.54) is 0 Å². The molecule has 170 valence electrons. The lowest BCUT2D eigenvalue weighted by Gasteiger charge is -2.17. The van der Waals surface area contributed by atoms with Crippen molar-refractivity contribution in [2.45, 2.75) is 40.2 Å². The maximum atomic E-state index is 10.7. The van der Waals surface area contributed by atoms with Gasteiger partial charge in [-0.15, -0.1) is 0 Å². The van der Waals surface area contributed by atoms with Crippen LogP contribution in [0.4, 0.5) is 0 Å². The topological polar surface area (TPSA) is 47.3 Å². The Morgan fingerprint density at radius 1 is 0.909 bits per heavy atom. The summed E-state index contributed by atoms with van der Waals surface area (Å²) in [6, 6.07) is 18.2. The molecule has 33 heavy (non-hydrogen) atoms. The normalized spacial score (nSPS) is 11.6. The predicted molar refractivity (Wildman–Crippen MR) is 135 cm³/mol. The molecular formula is C28H29ClN2O2. The van der Waals surface area contributed by atoms with Gasteiger partial charge in [-0.3, -0.25) is 4.57 Å². The molecule has 0 spiro atoms. The van der Waals surface area contributed by atoms with Gasteiger partial charge >= 0.3 is 0 Å². The predicted octanol–water partition coefficient (Wildman–Crippen LogP) is 7.02. The number of benzene rings is 3. The van der Waals surface area contributed by atoms with Crippen LogP contribution in [0.3, 0.4) is 0 Å². The molecular weight excluding hydrogens is 432 g/mol. The third kappa shape index (κ3) is 4.41. The zero-order valence-electron chi connectivity index (χ0n) is 19.9. The number of hydrogen-bond acceptors (Lipinski definition) is 3. The summed E-state index contributed by atoms with van der Waals surface area (Å²) in [5.74, 6) is 1.56. The van der Waals surface area contributed by atoms with Crippen LogP contribution in [0.15, 0.2) is 60.8 Å². The standard InChI is InChI=1S/C28H29ClN2O2/c1-17-9-7-10-18(2)25(17)27-30-24(28(4,5)32)16-31(27)26-19(3)13-21(15-23(26)29)20-11-8-12-22(14-20)33-6/h7-16,32H,1-6H3. The average Bonchev–Trinajstić information content (AvgIpc) is 3.18. The number of imidazole rings is 1. The largest absolute Gasteiger partial charge is 0.497 e. The van der Waals surface area contributed by atoms with Crippen molar-refractivity contribution < 1.29 is 9.84 Å². The molecule has 0 amide bonds. The van der Waals surface area contributed by atoms with Crippen LogP contribution < -0.4 is 4.74 Å². The Kier molecular flexibility index (Phi) is 6.08. The first kappa shape index (κ1) is 23.1. The summed E-state index contributed by atoms with van der Waals surface area (Å²) in [6.07, 6.45) is 1.89. The lowest BCUT2D eigenvalue weighted by molar-refractivity contribution is 0.0743. The number of nitrogens with zero attached hydrogens (tertiary/aromatic N) is 2. The van der Waals surface area contributed by atoms with Gasteiger partial charge < -0.3 is 9.84 Å². The Hall–Kier alpha value is -3.08. The fourth-order valence-electron chi connectivity index (χ4n) is 4.20. The zero-order chi connectivity index (χ0) is 23.9. The van der Waals surface area contributed by atoms with Crippen LogP contribution in [0.1, 0.15) is 36.2 Å². The summed E-state index contributed by atoms with van der Waals surface area (Å²) in [7, 11) is 1.66. The molecule has 4 nitrogen and oxygen atoms in total. The Balaban J connectivity index is 1.94. The minimum Gasteiger partial charge on any atom is -0.497 e. The van der Waals surface area contributed by atoms with Gasteiger partial charge in [0.2, 0.25) is 0 Å². The SMILES string of the molecule is COc1cccc(-c2cc(C)c(-n3cc(C(C)(C)O)nc3-c3c(C)cccc3C)c(Cl)c2)c1. The number of aromatic nitrogens is 2. The van der Waals surface area contributed by atoms with Gasteiger partial charge in [0, 0.05) is 11.8 Å². The van der Waals surface area contributed by atoms with Crippen LogP contribution in [0, 0.1) is 20.8 Å². The molecule has 0 saturated heterocycles. The van der Waals surface area contributed by atoms with E-state index >= 15 is 0 Å². The highest BCUT2D eigenvalue weighted by Gasteiger charge is 2.25. The Labute approximate surface area is 200 Å². The van der Waals surface area contributed by atoms with Crippen molar-refractivity contribution in [1.29, 1.82) is 0 Å². The van der Waals surface area contributed by atoms with Crippen LogP contribution in [0.25, 0.3) is 28.2 Å². The summed E-state index contributed by atoms with van der Waals surface area (Å²) in [6.45, 7) is 9.68. The van der Waals surface area contributed by atoms with Gasteiger partial charge in [0.25, 0.3) is 0 Å². The maximum Gasteiger partial charge on any atom is 0.145 e. The molecule has 0 saturated carbocycles. The first-order valence-electron chi connectivity index (χ1n) is 10.9. The van der Waals surface area contributed by atoms with Gasteiger partial charge in [-0.2, -0.15) is 0 Å². The minimum absolute atomic E-state index is 0.590. The van der Waals surface area contributed by atoms with E-state index in [9.17, 15) is 5.11 Å². The van der Waals surface area contributed by atoms with Crippen LogP contribution in [0.5, 0.6) is 5.75 Å². The molecule has 0 aliphatic carbocycles. The van der Waals surface area contributed by atoms with Crippen molar-refractivity contribution in [3.63, 3.8) is 0 Å². The monoisotopic (exact) mass is 460 g/mol. The Morgan fingerprint density at radius 3 is 2.18 bits per heavy atom. The van der Waals surface area contributed by atoms with E-state index in [4.69, 9.17) is 21.3 Å². The number of ether oxygens (including phenoxy) is 1. The number of aliphatic hydroxyl groups is 1. The number of hydrogen-bond donors (Lipinski definition) is 1. The van der Waals surface area contributed by atoms with Gasteiger partial charge in [-0.1, -0.05) is 41.9 Å². The van der Waals surface area contributed by atoms with Crippen molar-refractivity contribution in [3.05, 3.63) is 88.2 Å². The molecule has 1 heterocycles. The third-order valence-corrected chi connectivity index (χ3v) is 6.22. The van der Waals surface area contributed by atoms with Crippen molar-refractivity contribution in [3.8, 4) is 34.0 Å². The molecule has 0 atom stereocenters. The lowest BCUT2D eigenvalue weighted by atomic mass is 10.0. The highest BCUT2D eigenvalue weighted by molar-refractivity contribution is 6.33. The molecule has 4 rings (SSSR count). The molecule has 4 aromatic rings. The molecule has 0 radical (unpaired) electrons. The number of aryl methyl sites for hydroxylation is 3. The molecule has 0 unspecified atom stereocenters. The van der Waals surface area contributed by atoms with E-state index in [1.54, 1.807) is 21.0 Å². The van der Waals surface area contributed by atoms with E-state index in [2.05, 4.69) is 32.0 Å². The molecule has 1 N–H and O–H groups in total. The van der Waals surface area contributed by atoms with Gasteiger partial charge in [0.15, 0.2) is 0 Å². The zero-order valence-corrected chi connectivity index (χ0v) is 20.7. The molecule has 3 aromatic carbocycles. The van der Waals surface area contributed by atoms with Gasteiger partial charge in [-0.25, -0.2) is 4.98 Å². The Morgan fingerprint density at radius 2 is 1.58 bits per heavy atom. The highest BCUT2D eigenvalue weighted by atomic mass is 35.5. The van der Waals surface area contributed by atoms with Gasteiger partial charge in [0.1, 0.15) is 17.2 Å². The smallest absolute Gasteiger partial charge is 0.145 e. The third-order valence-electron chi connectivity index (χ3n) is 5.94. The summed E-state index contributed by atoms with van der Waals surface area (Å²) in [5, 5.41) is 11.3. The quantitative estimate of drug-likeness (QED) is 0.348. The second-order valence-electron chi connectivity index (χ2n) is 9.00. The van der Waals surface area contributed by atoms with E-state index in [-0.39, 0.29) is 0 Å². The summed E-state index contributed by atoms with van der Waals surface area (Å²) < 4.78 is 7.39. The molecule has 0 aliphatic heterocycles. The summed E-state index contributed by atoms with van der Waals surface area (Å²) in [4.78, 5) is 4.87. The van der Waals surface area contributed by atoms with Crippen molar-refractivity contribution in [2.75, 3.05) is 7.11 Å². The summed E-state index contributed by atoms with van der Waals surface area (Å²) in [5.41, 5.74) is 6.68. The van der Waals surface area contributed by atoms with Gasteiger partial charge in [0.05, 0.1) is 23.5 Å². The number of methoxy groups -OCH3 is 1. The fraction of sp³-hybridized carbons (Fsp3) is 0.250. The fourth-order valence-corrected chi connectivity index (χ4v) is 4.56.